The lowest BCUT2D eigenvalue weighted by Crippen LogP contribution is -2.05. The molecule has 138 valence electrons. The maximum atomic E-state index is 5.73. The number of benzene rings is 2. The van der Waals surface area contributed by atoms with Crippen LogP contribution in [0.5, 0.6) is 23.0 Å². The van der Waals surface area contributed by atoms with Crippen LogP contribution in [-0.2, 0) is 4.74 Å². The lowest BCUT2D eigenvalue weighted by Gasteiger charge is -2.11. The monoisotopic (exact) mass is 356 g/mol. The predicted octanol–water partition coefficient (Wildman–Crippen LogP) is 4.05. The number of epoxide rings is 1. The summed E-state index contributed by atoms with van der Waals surface area (Å²) in [5, 5.41) is 0. The van der Waals surface area contributed by atoms with Crippen molar-refractivity contribution in [3.63, 3.8) is 0 Å². The van der Waals surface area contributed by atoms with E-state index in [1.165, 1.54) is 0 Å². The first-order chi connectivity index (χ1) is 12.7. The Bertz CT molecular complexity index is 765. The third-order valence-corrected chi connectivity index (χ3v) is 3.97. The summed E-state index contributed by atoms with van der Waals surface area (Å²) in [6.45, 7) is 3.88. The summed E-state index contributed by atoms with van der Waals surface area (Å²) >= 11 is 0. The number of hydrogen-bond acceptors (Lipinski definition) is 5. The molecule has 1 heterocycles. The van der Waals surface area contributed by atoms with Gasteiger partial charge in [0.2, 0.25) is 0 Å². The summed E-state index contributed by atoms with van der Waals surface area (Å²) in [6, 6.07) is 11.7. The molecule has 1 atom stereocenters. The van der Waals surface area contributed by atoms with Crippen LogP contribution >= 0.6 is 0 Å². The fourth-order valence-electron chi connectivity index (χ4n) is 2.51. The number of hydrogen-bond donors (Lipinski definition) is 0. The Balaban J connectivity index is 1.72. The molecule has 0 saturated carbocycles. The van der Waals surface area contributed by atoms with Crippen molar-refractivity contribution in [2.75, 3.05) is 34.0 Å². The molecule has 0 aromatic heterocycles. The lowest BCUT2D eigenvalue weighted by atomic mass is 10.1. The van der Waals surface area contributed by atoms with Gasteiger partial charge in [-0.1, -0.05) is 24.3 Å². The first kappa shape index (κ1) is 18.1. The zero-order chi connectivity index (χ0) is 18.4. The summed E-state index contributed by atoms with van der Waals surface area (Å²) in [6.07, 6.45) is 4.26. The summed E-state index contributed by atoms with van der Waals surface area (Å²) < 4.78 is 27.3. The highest BCUT2D eigenvalue weighted by molar-refractivity contribution is 5.72. The molecular weight excluding hydrogens is 332 g/mol. The van der Waals surface area contributed by atoms with Gasteiger partial charge in [0.1, 0.15) is 12.7 Å². The van der Waals surface area contributed by atoms with Crippen LogP contribution in [0.3, 0.4) is 0 Å². The molecule has 0 aliphatic carbocycles. The quantitative estimate of drug-likeness (QED) is 0.501. The van der Waals surface area contributed by atoms with Crippen LogP contribution in [0, 0.1) is 0 Å². The van der Waals surface area contributed by atoms with Crippen LogP contribution in [0.1, 0.15) is 18.1 Å². The van der Waals surface area contributed by atoms with Gasteiger partial charge in [-0.25, -0.2) is 0 Å². The molecule has 1 unspecified atom stereocenters. The molecule has 1 aliphatic rings. The van der Waals surface area contributed by atoms with Crippen LogP contribution in [0.15, 0.2) is 36.4 Å². The van der Waals surface area contributed by atoms with Gasteiger partial charge in [-0.15, -0.1) is 0 Å². The summed E-state index contributed by atoms with van der Waals surface area (Å²) in [7, 11) is 3.28. The molecule has 0 amide bonds. The SMILES string of the molecule is CCOc1ccc(C=Cc2ccc(OCC3CO3)c(OC)c2)cc1OC. The second kappa shape index (κ2) is 8.63. The highest BCUT2D eigenvalue weighted by Crippen LogP contribution is 2.31. The normalized spacial score (nSPS) is 15.7. The smallest absolute Gasteiger partial charge is 0.161 e. The zero-order valence-corrected chi connectivity index (χ0v) is 15.4. The van der Waals surface area contributed by atoms with Crippen molar-refractivity contribution in [1.82, 2.24) is 0 Å². The van der Waals surface area contributed by atoms with E-state index in [0.717, 1.165) is 35.0 Å². The van der Waals surface area contributed by atoms with Gasteiger partial charge < -0.3 is 23.7 Å². The van der Waals surface area contributed by atoms with Crippen LogP contribution in [-0.4, -0.2) is 40.1 Å². The average molecular weight is 356 g/mol. The minimum absolute atomic E-state index is 0.217. The Morgan fingerprint density at radius 1 is 0.885 bits per heavy atom. The highest BCUT2D eigenvalue weighted by Gasteiger charge is 2.23. The minimum Gasteiger partial charge on any atom is -0.493 e. The third-order valence-electron chi connectivity index (χ3n) is 3.97. The first-order valence-electron chi connectivity index (χ1n) is 8.65. The summed E-state index contributed by atoms with van der Waals surface area (Å²) in [5.74, 6) is 2.90. The molecule has 0 spiro atoms. The van der Waals surface area contributed by atoms with Crippen LogP contribution in [0.25, 0.3) is 12.2 Å². The maximum absolute atomic E-state index is 5.73. The van der Waals surface area contributed by atoms with E-state index >= 15 is 0 Å². The molecule has 5 heteroatoms. The Hall–Kier alpha value is -2.66. The number of methoxy groups -OCH3 is 2. The Morgan fingerprint density at radius 3 is 1.88 bits per heavy atom. The van der Waals surface area contributed by atoms with Crippen LogP contribution < -0.4 is 18.9 Å². The summed E-state index contributed by atoms with van der Waals surface area (Å²) in [5.41, 5.74) is 2.04. The number of ether oxygens (including phenoxy) is 5. The molecule has 0 radical (unpaired) electrons. The molecule has 1 aliphatic heterocycles. The topological polar surface area (TPSA) is 49.5 Å². The molecule has 2 aromatic carbocycles. The first-order valence-corrected chi connectivity index (χ1v) is 8.65. The van der Waals surface area contributed by atoms with E-state index in [4.69, 9.17) is 23.7 Å². The van der Waals surface area contributed by atoms with Crippen LogP contribution in [0.2, 0.25) is 0 Å². The lowest BCUT2D eigenvalue weighted by molar-refractivity contribution is 0.252. The van der Waals surface area contributed by atoms with Crippen molar-refractivity contribution >= 4 is 12.2 Å². The van der Waals surface area contributed by atoms with Crippen molar-refractivity contribution in [3.05, 3.63) is 47.5 Å². The van der Waals surface area contributed by atoms with Gasteiger partial charge in [0.05, 0.1) is 27.4 Å². The fourth-order valence-corrected chi connectivity index (χ4v) is 2.51. The van der Waals surface area contributed by atoms with Gasteiger partial charge in [-0.05, 0) is 42.3 Å². The van der Waals surface area contributed by atoms with Gasteiger partial charge in [-0.2, -0.15) is 0 Å². The van der Waals surface area contributed by atoms with E-state index in [-0.39, 0.29) is 6.10 Å². The molecular formula is C21H24O5. The van der Waals surface area contributed by atoms with Crippen molar-refractivity contribution in [1.29, 1.82) is 0 Å². The van der Waals surface area contributed by atoms with Crippen molar-refractivity contribution in [2.45, 2.75) is 13.0 Å². The predicted molar refractivity (Wildman–Crippen MR) is 101 cm³/mol. The fraction of sp³-hybridized carbons (Fsp3) is 0.333. The second-order valence-corrected chi connectivity index (χ2v) is 5.85. The van der Waals surface area contributed by atoms with Gasteiger partial charge >= 0.3 is 0 Å². The van der Waals surface area contributed by atoms with Gasteiger partial charge in [-0.3, -0.25) is 0 Å². The van der Waals surface area contributed by atoms with E-state index in [2.05, 4.69) is 0 Å². The Morgan fingerprint density at radius 2 is 1.42 bits per heavy atom. The Labute approximate surface area is 154 Å². The van der Waals surface area contributed by atoms with Crippen LogP contribution in [0.4, 0.5) is 0 Å². The molecule has 1 saturated heterocycles. The van der Waals surface area contributed by atoms with E-state index in [1.807, 2.05) is 55.5 Å². The number of rotatable bonds is 9. The van der Waals surface area contributed by atoms with E-state index in [9.17, 15) is 0 Å². The van der Waals surface area contributed by atoms with Crippen molar-refractivity contribution < 1.29 is 23.7 Å². The zero-order valence-electron chi connectivity index (χ0n) is 15.4. The molecule has 0 N–H and O–H groups in total. The molecule has 1 fully saturated rings. The summed E-state index contributed by atoms with van der Waals surface area (Å²) in [4.78, 5) is 0. The average Bonchev–Trinajstić information content (AvgIpc) is 3.50. The van der Waals surface area contributed by atoms with E-state index in [0.29, 0.717) is 19.0 Å². The molecule has 26 heavy (non-hydrogen) atoms. The van der Waals surface area contributed by atoms with E-state index < -0.39 is 0 Å². The standard InChI is InChI=1S/C21H24O5/c1-4-24-18-9-7-15(11-20(18)22-2)5-6-16-8-10-19(21(12-16)23-3)26-14-17-13-25-17/h5-12,17H,4,13-14H2,1-3H3. The maximum Gasteiger partial charge on any atom is 0.161 e. The highest BCUT2D eigenvalue weighted by atomic mass is 16.6. The van der Waals surface area contributed by atoms with Gasteiger partial charge in [0, 0.05) is 0 Å². The second-order valence-electron chi connectivity index (χ2n) is 5.85. The molecule has 2 aromatic rings. The molecule has 5 nitrogen and oxygen atoms in total. The van der Waals surface area contributed by atoms with Crippen molar-refractivity contribution in [2.24, 2.45) is 0 Å². The van der Waals surface area contributed by atoms with Gasteiger partial charge in [0.25, 0.3) is 0 Å². The molecule has 0 bridgehead atoms. The largest absolute Gasteiger partial charge is 0.493 e. The Kier molecular flexibility index (Phi) is 6.02. The van der Waals surface area contributed by atoms with Gasteiger partial charge in [0.15, 0.2) is 23.0 Å². The third kappa shape index (κ3) is 4.70. The van der Waals surface area contributed by atoms with Crippen molar-refractivity contribution in [3.8, 4) is 23.0 Å². The minimum atomic E-state index is 0.217. The van der Waals surface area contributed by atoms with E-state index in [1.54, 1.807) is 14.2 Å². The molecule has 3 rings (SSSR count).